The van der Waals surface area contributed by atoms with Crippen molar-refractivity contribution in [3.8, 4) is 0 Å². The maximum absolute atomic E-state index is 13.1. The largest absolute Gasteiger partial charge is 0.383 e. The van der Waals surface area contributed by atoms with E-state index >= 15 is 0 Å². The van der Waals surface area contributed by atoms with Crippen molar-refractivity contribution in [1.29, 1.82) is 0 Å². The monoisotopic (exact) mass is 396 g/mol. The first-order chi connectivity index (χ1) is 12.9. The minimum atomic E-state index is -3.66. The summed E-state index contributed by atoms with van der Waals surface area (Å²) in [6.45, 7) is 6.02. The number of hydrogen-bond acceptors (Lipinski definition) is 4. The second-order valence-corrected chi connectivity index (χ2v) is 9.01. The van der Waals surface area contributed by atoms with E-state index in [-0.39, 0.29) is 17.3 Å². The molecule has 1 aromatic rings. The molecule has 0 bridgehead atoms. The van der Waals surface area contributed by atoms with Crippen molar-refractivity contribution < 1.29 is 17.9 Å². The van der Waals surface area contributed by atoms with E-state index in [9.17, 15) is 13.2 Å². The van der Waals surface area contributed by atoms with Crippen LogP contribution in [0, 0.1) is 12.8 Å². The summed E-state index contributed by atoms with van der Waals surface area (Å²) in [5.74, 6) is 0.615. The van der Waals surface area contributed by atoms with E-state index in [4.69, 9.17) is 4.74 Å². The van der Waals surface area contributed by atoms with Crippen molar-refractivity contribution in [3.63, 3.8) is 0 Å². The molecule has 2 rings (SSSR count). The highest BCUT2D eigenvalue weighted by molar-refractivity contribution is 7.89. The average molecular weight is 397 g/mol. The van der Waals surface area contributed by atoms with E-state index in [0.717, 1.165) is 37.9 Å². The van der Waals surface area contributed by atoms with Crippen LogP contribution in [0.2, 0.25) is 0 Å². The molecule has 27 heavy (non-hydrogen) atoms. The molecule has 0 radical (unpaired) electrons. The van der Waals surface area contributed by atoms with Gasteiger partial charge in [0.15, 0.2) is 0 Å². The van der Waals surface area contributed by atoms with Crippen LogP contribution in [0.3, 0.4) is 0 Å². The highest BCUT2D eigenvalue weighted by Gasteiger charge is 2.24. The molecule has 1 atom stereocenters. The van der Waals surface area contributed by atoms with Gasteiger partial charge in [-0.05, 0) is 49.8 Å². The van der Waals surface area contributed by atoms with Crippen molar-refractivity contribution in [1.82, 2.24) is 9.62 Å². The minimum Gasteiger partial charge on any atom is -0.383 e. The number of ether oxygens (including phenoxy) is 1. The zero-order valence-electron chi connectivity index (χ0n) is 16.7. The Hall–Kier alpha value is -1.44. The van der Waals surface area contributed by atoms with Crippen LogP contribution in [0.15, 0.2) is 23.1 Å². The summed E-state index contributed by atoms with van der Waals surface area (Å²) < 4.78 is 32.3. The number of aryl methyl sites for hydroxylation is 1. The van der Waals surface area contributed by atoms with Gasteiger partial charge >= 0.3 is 0 Å². The number of nitrogens with one attached hydrogen (secondary N) is 1. The van der Waals surface area contributed by atoms with Crippen LogP contribution in [0.5, 0.6) is 0 Å². The molecule has 0 spiro atoms. The summed E-state index contributed by atoms with van der Waals surface area (Å²) in [5.41, 5.74) is 1.27. The number of rotatable bonds is 8. The number of nitrogens with zero attached hydrogens (tertiary/aromatic N) is 1. The average Bonchev–Trinajstić information content (AvgIpc) is 2.87. The van der Waals surface area contributed by atoms with Gasteiger partial charge in [0.05, 0.1) is 11.5 Å². The number of hydrogen-bond donors (Lipinski definition) is 1. The van der Waals surface area contributed by atoms with E-state index in [0.29, 0.717) is 18.1 Å². The molecule has 1 aromatic carbocycles. The van der Waals surface area contributed by atoms with Crippen LogP contribution in [-0.2, 0) is 14.8 Å². The third kappa shape index (κ3) is 6.02. The standard InChI is InChI=1S/C20H32N2O4S/c1-4-6-17-7-5-12-22(13-10-17)20(23)19-15-18(9-8-16(19)2)27(24,25)21-11-14-26-3/h8-9,15,17,21H,4-7,10-14H2,1-3H3. The quantitative estimate of drug-likeness (QED) is 0.686. The third-order valence-corrected chi connectivity index (χ3v) is 6.64. The molecule has 1 fully saturated rings. The summed E-state index contributed by atoms with van der Waals surface area (Å²) >= 11 is 0. The van der Waals surface area contributed by atoms with Crippen LogP contribution in [0.25, 0.3) is 0 Å². The first-order valence-corrected chi connectivity index (χ1v) is 11.3. The molecule has 152 valence electrons. The molecule has 1 aliphatic rings. The van der Waals surface area contributed by atoms with Gasteiger partial charge in [-0.15, -0.1) is 0 Å². The zero-order chi connectivity index (χ0) is 19.9. The molecular formula is C20H32N2O4S. The van der Waals surface area contributed by atoms with Gasteiger partial charge in [0.25, 0.3) is 5.91 Å². The highest BCUT2D eigenvalue weighted by Crippen LogP contribution is 2.24. The Morgan fingerprint density at radius 3 is 2.78 bits per heavy atom. The van der Waals surface area contributed by atoms with E-state index in [2.05, 4.69) is 11.6 Å². The number of likely N-dealkylation sites (tertiary alicyclic amines) is 1. The first kappa shape index (κ1) is 21.9. The van der Waals surface area contributed by atoms with Crippen molar-refractivity contribution in [2.24, 2.45) is 5.92 Å². The lowest BCUT2D eigenvalue weighted by molar-refractivity contribution is 0.0759. The Morgan fingerprint density at radius 1 is 1.30 bits per heavy atom. The summed E-state index contributed by atoms with van der Waals surface area (Å²) in [4.78, 5) is 15.1. The fourth-order valence-corrected chi connectivity index (χ4v) is 4.63. The van der Waals surface area contributed by atoms with Gasteiger partial charge in [0, 0.05) is 32.3 Å². The number of sulfonamides is 1. The minimum absolute atomic E-state index is 0.0708. The second-order valence-electron chi connectivity index (χ2n) is 7.25. The Morgan fingerprint density at radius 2 is 2.07 bits per heavy atom. The van der Waals surface area contributed by atoms with E-state index < -0.39 is 10.0 Å². The van der Waals surface area contributed by atoms with Crippen LogP contribution >= 0.6 is 0 Å². The van der Waals surface area contributed by atoms with Crippen LogP contribution in [-0.4, -0.2) is 52.6 Å². The first-order valence-electron chi connectivity index (χ1n) is 9.77. The predicted molar refractivity (Wildman–Crippen MR) is 106 cm³/mol. The van der Waals surface area contributed by atoms with Gasteiger partial charge < -0.3 is 9.64 Å². The number of amides is 1. The molecule has 0 saturated carbocycles. The smallest absolute Gasteiger partial charge is 0.254 e. The van der Waals surface area contributed by atoms with E-state index in [1.54, 1.807) is 12.1 Å². The predicted octanol–water partition coefficient (Wildman–Crippen LogP) is 2.96. The fourth-order valence-electron chi connectivity index (χ4n) is 3.60. The van der Waals surface area contributed by atoms with Gasteiger partial charge in [-0.2, -0.15) is 0 Å². The molecule has 1 saturated heterocycles. The zero-order valence-corrected chi connectivity index (χ0v) is 17.5. The van der Waals surface area contributed by atoms with Crippen LogP contribution in [0.1, 0.15) is 54.9 Å². The molecule has 1 aliphatic heterocycles. The fraction of sp³-hybridized carbons (Fsp3) is 0.650. The third-order valence-electron chi connectivity index (χ3n) is 5.18. The summed E-state index contributed by atoms with van der Waals surface area (Å²) in [6, 6.07) is 4.75. The number of benzene rings is 1. The van der Waals surface area contributed by atoms with E-state index in [1.807, 2.05) is 11.8 Å². The van der Waals surface area contributed by atoms with Crippen molar-refractivity contribution in [2.75, 3.05) is 33.4 Å². The lowest BCUT2D eigenvalue weighted by atomic mass is 9.96. The number of carbonyl (C=O) groups excluding carboxylic acids is 1. The summed E-state index contributed by atoms with van der Waals surface area (Å²) in [6.07, 6.45) is 5.57. The Kier molecular flexibility index (Phi) is 8.26. The Labute approximate surface area is 163 Å². The lowest BCUT2D eigenvalue weighted by Crippen LogP contribution is -2.33. The molecule has 6 nitrogen and oxygen atoms in total. The lowest BCUT2D eigenvalue weighted by Gasteiger charge is -2.22. The van der Waals surface area contributed by atoms with Gasteiger partial charge in [-0.25, -0.2) is 13.1 Å². The number of methoxy groups -OCH3 is 1. The van der Waals surface area contributed by atoms with Crippen molar-refractivity contribution >= 4 is 15.9 Å². The highest BCUT2D eigenvalue weighted by atomic mass is 32.2. The maximum Gasteiger partial charge on any atom is 0.254 e. The van der Waals surface area contributed by atoms with Crippen molar-refractivity contribution in [2.45, 2.75) is 50.8 Å². The van der Waals surface area contributed by atoms with Gasteiger partial charge in [-0.1, -0.05) is 25.8 Å². The molecule has 1 heterocycles. The van der Waals surface area contributed by atoms with E-state index in [1.165, 1.54) is 26.0 Å². The molecule has 7 heteroatoms. The summed E-state index contributed by atoms with van der Waals surface area (Å²) in [7, 11) is -2.14. The molecule has 1 amide bonds. The molecular weight excluding hydrogens is 364 g/mol. The summed E-state index contributed by atoms with van der Waals surface area (Å²) in [5, 5.41) is 0. The van der Waals surface area contributed by atoms with Gasteiger partial charge in [0.2, 0.25) is 10.0 Å². The van der Waals surface area contributed by atoms with Gasteiger partial charge in [-0.3, -0.25) is 4.79 Å². The Balaban J connectivity index is 2.16. The SMILES string of the molecule is CCCC1CCCN(C(=O)c2cc(S(=O)(=O)NCCOC)ccc2C)CC1. The normalized spacial score (nSPS) is 18.3. The molecule has 1 N–H and O–H groups in total. The maximum atomic E-state index is 13.1. The van der Waals surface area contributed by atoms with Gasteiger partial charge in [0.1, 0.15) is 0 Å². The van der Waals surface area contributed by atoms with Crippen LogP contribution < -0.4 is 4.72 Å². The Bertz CT molecular complexity index is 733. The van der Waals surface area contributed by atoms with Crippen molar-refractivity contribution in [3.05, 3.63) is 29.3 Å². The van der Waals surface area contributed by atoms with Crippen LogP contribution in [0.4, 0.5) is 0 Å². The molecule has 1 unspecified atom stereocenters. The number of carbonyl (C=O) groups is 1. The molecule has 0 aromatic heterocycles. The molecule has 0 aliphatic carbocycles. The topological polar surface area (TPSA) is 75.7 Å². The second kappa shape index (κ2) is 10.2.